The summed E-state index contributed by atoms with van der Waals surface area (Å²) in [5.41, 5.74) is 1.31. The SMILES string of the molecule is C[C@@H](c1ccccc1)N1CCC[C@H]1C#N. The van der Waals surface area contributed by atoms with Crippen LogP contribution in [0.2, 0.25) is 0 Å². The van der Waals surface area contributed by atoms with E-state index in [2.05, 4.69) is 42.2 Å². The minimum atomic E-state index is 0.111. The van der Waals surface area contributed by atoms with Gasteiger partial charge in [-0.15, -0.1) is 0 Å². The molecule has 1 aliphatic rings. The number of hydrogen-bond donors (Lipinski definition) is 0. The number of rotatable bonds is 2. The van der Waals surface area contributed by atoms with Gasteiger partial charge in [0.05, 0.1) is 12.1 Å². The minimum Gasteiger partial charge on any atom is -0.281 e. The smallest absolute Gasteiger partial charge is 0.0983 e. The van der Waals surface area contributed by atoms with Crippen molar-refractivity contribution in [2.75, 3.05) is 6.54 Å². The summed E-state index contributed by atoms with van der Waals surface area (Å²) < 4.78 is 0. The third kappa shape index (κ3) is 2.03. The van der Waals surface area contributed by atoms with Crippen molar-refractivity contribution in [3.05, 3.63) is 35.9 Å². The fraction of sp³-hybridized carbons (Fsp3) is 0.462. The molecule has 1 aromatic rings. The first kappa shape index (κ1) is 10.2. The summed E-state index contributed by atoms with van der Waals surface area (Å²) in [5.74, 6) is 0. The lowest BCUT2D eigenvalue weighted by molar-refractivity contribution is 0.226. The molecule has 0 amide bonds. The Bertz CT molecular complexity index is 353. The Morgan fingerprint density at radius 1 is 1.40 bits per heavy atom. The van der Waals surface area contributed by atoms with Crippen LogP contribution in [0.25, 0.3) is 0 Å². The van der Waals surface area contributed by atoms with Crippen LogP contribution in [-0.4, -0.2) is 17.5 Å². The molecule has 1 aromatic carbocycles. The molecule has 0 aliphatic carbocycles. The maximum absolute atomic E-state index is 9.04. The highest BCUT2D eigenvalue weighted by Crippen LogP contribution is 2.28. The van der Waals surface area contributed by atoms with Crippen molar-refractivity contribution >= 4 is 0 Å². The van der Waals surface area contributed by atoms with E-state index in [0.29, 0.717) is 6.04 Å². The van der Waals surface area contributed by atoms with Crippen LogP contribution in [0.3, 0.4) is 0 Å². The van der Waals surface area contributed by atoms with Gasteiger partial charge in [0.15, 0.2) is 0 Å². The second-order valence-electron chi connectivity index (χ2n) is 4.11. The molecule has 2 atom stereocenters. The summed E-state index contributed by atoms with van der Waals surface area (Å²) in [4.78, 5) is 2.30. The summed E-state index contributed by atoms with van der Waals surface area (Å²) in [6, 6.07) is 13.3. The summed E-state index contributed by atoms with van der Waals surface area (Å²) >= 11 is 0. The van der Waals surface area contributed by atoms with Gasteiger partial charge in [-0.3, -0.25) is 4.90 Å². The molecular formula is C13H16N2. The molecule has 0 bridgehead atoms. The lowest BCUT2D eigenvalue weighted by Gasteiger charge is -2.27. The quantitative estimate of drug-likeness (QED) is 0.734. The van der Waals surface area contributed by atoms with Crippen LogP contribution in [-0.2, 0) is 0 Å². The van der Waals surface area contributed by atoms with Gasteiger partial charge in [-0.05, 0) is 25.3 Å². The standard InChI is InChI=1S/C13H16N2/c1-11(12-6-3-2-4-7-12)15-9-5-8-13(15)10-14/h2-4,6-7,11,13H,5,8-9H2,1H3/t11-,13-/m0/s1. The Balaban J connectivity index is 2.15. The number of nitriles is 1. The van der Waals surface area contributed by atoms with Gasteiger partial charge in [0, 0.05) is 12.6 Å². The lowest BCUT2D eigenvalue weighted by atomic mass is 10.1. The van der Waals surface area contributed by atoms with Crippen LogP contribution >= 0.6 is 0 Å². The van der Waals surface area contributed by atoms with Gasteiger partial charge >= 0.3 is 0 Å². The second kappa shape index (κ2) is 4.46. The first-order valence-corrected chi connectivity index (χ1v) is 5.53. The van der Waals surface area contributed by atoms with E-state index in [1.807, 2.05) is 6.07 Å². The van der Waals surface area contributed by atoms with E-state index in [-0.39, 0.29) is 6.04 Å². The molecule has 1 saturated heterocycles. The van der Waals surface area contributed by atoms with Crippen LogP contribution in [0.15, 0.2) is 30.3 Å². The van der Waals surface area contributed by atoms with Crippen molar-refractivity contribution in [3.63, 3.8) is 0 Å². The number of benzene rings is 1. The summed E-state index contributed by atoms with van der Waals surface area (Å²) in [6.07, 6.45) is 2.17. The van der Waals surface area contributed by atoms with E-state index >= 15 is 0 Å². The lowest BCUT2D eigenvalue weighted by Crippen LogP contribution is -2.30. The molecule has 2 rings (SSSR count). The van der Waals surface area contributed by atoms with Gasteiger partial charge < -0.3 is 0 Å². The predicted octanol–water partition coefficient (Wildman–Crippen LogP) is 2.74. The van der Waals surface area contributed by atoms with Gasteiger partial charge in [0.1, 0.15) is 0 Å². The largest absolute Gasteiger partial charge is 0.281 e. The van der Waals surface area contributed by atoms with Crippen LogP contribution in [0.1, 0.15) is 31.4 Å². The molecule has 1 aliphatic heterocycles. The van der Waals surface area contributed by atoms with Crippen molar-refractivity contribution in [1.82, 2.24) is 4.90 Å². The first-order valence-electron chi connectivity index (χ1n) is 5.53. The van der Waals surface area contributed by atoms with E-state index in [0.717, 1.165) is 19.4 Å². The Morgan fingerprint density at radius 2 is 2.13 bits per heavy atom. The van der Waals surface area contributed by atoms with Crippen LogP contribution < -0.4 is 0 Å². The van der Waals surface area contributed by atoms with Gasteiger partial charge in [-0.2, -0.15) is 5.26 Å². The first-order chi connectivity index (χ1) is 7.33. The Kier molecular flexibility index (Phi) is 3.03. The van der Waals surface area contributed by atoms with Gasteiger partial charge in [-0.25, -0.2) is 0 Å². The highest BCUT2D eigenvalue weighted by molar-refractivity contribution is 5.19. The topological polar surface area (TPSA) is 27.0 Å². The zero-order valence-electron chi connectivity index (χ0n) is 9.06. The third-order valence-corrected chi connectivity index (χ3v) is 3.22. The molecule has 2 heteroatoms. The molecule has 15 heavy (non-hydrogen) atoms. The third-order valence-electron chi connectivity index (χ3n) is 3.22. The van der Waals surface area contributed by atoms with E-state index in [1.165, 1.54) is 5.56 Å². The van der Waals surface area contributed by atoms with Gasteiger partial charge in [0.2, 0.25) is 0 Å². The molecule has 0 radical (unpaired) electrons. The summed E-state index contributed by atoms with van der Waals surface area (Å²) in [7, 11) is 0. The zero-order chi connectivity index (χ0) is 10.7. The minimum absolute atomic E-state index is 0.111. The maximum atomic E-state index is 9.04. The van der Waals surface area contributed by atoms with E-state index < -0.39 is 0 Å². The highest BCUT2D eigenvalue weighted by atomic mass is 15.2. The fourth-order valence-corrected chi connectivity index (χ4v) is 2.31. The van der Waals surface area contributed by atoms with Crippen LogP contribution in [0.5, 0.6) is 0 Å². The molecule has 1 heterocycles. The fourth-order valence-electron chi connectivity index (χ4n) is 2.31. The van der Waals surface area contributed by atoms with Gasteiger partial charge in [-0.1, -0.05) is 30.3 Å². The normalized spacial score (nSPS) is 23.6. The van der Waals surface area contributed by atoms with E-state index in [1.54, 1.807) is 0 Å². The molecule has 78 valence electrons. The van der Waals surface area contributed by atoms with Gasteiger partial charge in [0.25, 0.3) is 0 Å². The molecule has 0 spiro atoms. The zero-order valence-corrected chi connectivity index (χ0v) is 9.06. The predicted molar refractivity (Wildman–Crippen MR) is 60.2 cm³/mol. The second-order valence-corrected chi connectivity index (χ2v) is 4.11. The van der Waals surface area contributed by atoms with E-state index in [9.17, 15) is 0 Å². The maximum Gasteiger partial charge on any atom is 0.0983 e. The van der Waals surface area contributed by atoms with Crippen molar-refractivity contribution in [3.8, 4) is 6.07 Å². The Hall–Kier alpha value is -1.33. The number of hydrogen-bond acceptors (Lipinski definition) is 2. The molecule has 1 fully saturated rings. The average molecular weight is 200 g/mol. The number of nitrogens with zero attached hydrogens (tertiary/aromatic N) is 2. The molecular weight excluding hydrogens is 184 g/mol. The Morgan fingerprint density at radius 3 is 2.80 bits per heavy atom. The molecule has 0 saturated carbocycles. The summed E-state index contributed by atoms with van der Waals surface area (Å²) in [5, 5.41) is 9.04. The van der Waals surface area contributed by atoms with Crippen LogP contribution in [0.4, 0.5) is 0 Å². The molecule has 0 N–H and O–H groups in total. The summed E-state index contributed by atoms with van der Waals surface area (Å²) in [6.45, 7) is 3.24. The van der Waals surface area contributed by atoms with Crippen molar-refractivity contribution in [1.29, 1.82) is 5.26 Å². The molecule has 2 nitrogen and oxygen atoms in total. The van der Waals surface area contributed by atoms with Crippen molar-refractivity contribution in [2.45, 2.75) is 31.8 Å². The molecule has 0 aromatic heterocycles. The van der Waals surface area contributed by atoms with Crippen molar-refractivity contribution in [2.24, 2.45) is 0 Å². The number of likely N-dealkylation sites (tertiary alicyclic amines) is 1. The monoisotopic (exact) mass is 200 g/mol. The van der Waals surface area contributed by atoms with Crippen LogP contribution in [0, 0.1) is 11.3 Å². The highest BCUT2D eigenvalue weighted by Gasteiger charge is 2.28. The van der Waals surface area contributed by atoms with Crippen molar-refractivity contribution < 1.29 is 0 Å². The molecule has 0 unspecified atom stereocenters. The Labute approximate surface area is 91.1 Å². The van der Waals surface area contributed by atoms with E-state index in [4.69, 9.17) is 5.26 Å². The average Bonchev–Trinajstić information content (AvgIpc) is 2.77.